The van der Waals surface area contributed by atoms with Gasteiger partial charge < -0.3 is 39.5 Å². The fourth-order valence-corrected chi connectivity index (χ4v) is 7.45. The number of piperidine rings is 1. The van der Waals surface area contributed by atoms with Gasteiger partial charge in [-0.1, -0.05) is 43.7 Å². The van der Waals surface area contributed by atoms with Gasteiger partial charge in [-0.25, -0.2) is 9.59 Å². The summed E-state index contributed by atoms with van der Waals surface area (Å²) in [7, 11) is 0. The normalized spacial score (nSPS) is 35.6. The minimum absolute atomic E-state index is 0.00906. The molecule has 10 atom stereocenters. The van der Waals surface area contributed by atoms with Crippen LogP contribution in [0.1, 0.15) is 85.5 Å². The second-order valence-electron chi connectivity index (χ2n) is 14.5. The number of nitrogens with zero attached hydrogens (tertiary/aromatic N) is 2. The van der Waals surface area contributed by atoms with Gasteiger partial charge in [-0.05, 0) is 63.9 Å². The van der Waals surface area contributed by atoms with Gasteiger partial charge in [0, 0.05) is 31.8 Å². The van der Waals surface area contributed by atoms with Gasteiger partial charge in [-0.3, -0.25) is 14.4 Å². The number of hydroxylamine groups is 2. The van der Waals surface area contributed by atoms with Gasteiger partial charge in [0.15, 0.2) is 0 Å². The average molecular weight is 702 g/mol. The lowest BCUT2D eigenvalue weighted by Gasteiger charge is -2.39. The summed E-state index contributed by atoms with van der Waals surface area (Å²) >= 11 is 0. The smallest absolute Gasteiger partial charge is 0.407 e. The Morgan fingerprint density at radius 3 is 2.52 bits per heavy atom. The van der Waals surface area contributed by atoms with E-state index in [1.54, 1.807) is 12.2 Å². The topological polar surface area (TPSA) is 185 Å². The number of allylic oxidation sites excluding steroid dienone is 2. The van der Waals surface area contributed by atoms with Gasteiger partial charge >= 0.3 is 12.1 Å². The van der Waals surface area contributed by atoms with Crippen molar-refractivity contribution in [3.8, 4) is 0 Å². The van der Waals surface area contributed by atoms with Crippen molar-refractivity contribution < 1.29 is 53.2 Å². The van der Waals surface area contributed by atoms with Gasteiger partial charge in [0.05, 0.1) is 37.4 Å². The van der Waals surface area contributed by atoms with Crippen molar-refractivity contribution in [2.75, 3.05) is 13.2 Å². The number of epoxide rings is 1. The molecule has 0 aromatic heterocycles. The molecule has 14 heteroatoms. The van der Waals surface area contributed by atoms with E-state index in [1.807, 2.05) is 26.8 Å². The second-order valence-corrected chi connectivity index (χ2v) is 14.5. The predicted octanol–water partition coefficient (Wildman–Crippen LogP) is 3.19. The third-order valence-corrected chi connectivity index (χ3v) is 10.6. The summed E-state index contributed by atoms with van der Waals surface area (Å²) in [5.41, 5.74) is 0.116. The molecule has 0 radical (unpaired) electrons. The molecule has 5 fully saturated rings. The van der Waals surface area contributed by atoms with Gasteiger partial charge in [0.25, 0.3) is 11.8 Å². The van der Waals surface area contributed by atoms with Gasteiger partial charge in [-0.2, -0.15) is 0 Å². The molecule has 50 heavy (non-hydrogen) atoms. The minimum Gasteiger partial charge on any atom is -0.465 e. The molecule has 0 aliphatic carbocycles. The van der Waals surface area contributed by atoms with Crippen LogP contribution in [-0.4, -0.2) is 111 Å². The Morgan fingerprint density at radius 1 is 1.12 bits per heavy atom. The average Bonchev–Trinajstić information content (AvgIpc) is 3.79. The zero-order valence-corrected chi connectivity index (χ0v) is 29.3. The lowest BCUT2D eigenvalue weighted by molar-refractivity contribution is -0.202. The first kappa shape index (κ1) is 37.7. The molecule has 4 amide bonds. The highest BCUT2D eigenvalue weighted by atomic mass is 16.7. The Balaban J connectivity index is 1.09. The molecule has 14 nitrogen and oxygen atoms in total. The van der Waals surface area contributed by atoms with Crippen LogP contribution in [0.3, 0.4) is 0 Å². The molecule has 0 aromatic carbocycles. The molecule has 5 aliphatic heterocycles. The Kier molecular flexibility index (Phi) is 12.2. The van der Waals surface area contributed by atoms with E-state index in [0.717, 1.165) is 31.3 Å². The molecule has 1 spiro atoms. The Hall–Kier alpha value is -3.59. The van der Waals surface area contributed by atoms with Crippen molar-refractivity contribution in [3.05, 3.63) is 36.0 Å². The molecule has 3 N–H and O–H groups in total. The number of carboxylic acid groups (broad SMARTS) is 1. The zero-order chi connectivity index (χ0) is 36.2. The number of aliphatic hydroxyl groups is 1. The molecule has 5 rings (SSSR count). The van der Waals surface area contributed by atoms with Crippen LogP contribution >= 0.6 is 0 Å². The largest absolute Gasteiger partial charge is 0.465 e. The fraction of sp³-hybridized carbons (Fsp3) is 0.694. The molecule has 0 bridgehead atoms. The van der Waals surface area contributed by atoms with E-state index in [2.05, 4.69) is 18.3 Å². The molecule has 5 aliphatic rings. The Morgan fingerprint density at radius 2 is 1.84 bits per heavy atom. The zero-order valence-electron chi connectivity index (χ0n) is 29.3. The van der Waals surface area contributed by atoms with Gasteiger partial charge in [0.2, 0.25) is 5.91 Å². The SMILES string of the molecule is CC(/C=C/[C@H]1O[C@H](CC(=O)ON2C(=O)CCC2=O)C[C@@]2(CO2)[C@@H]1O)=C\C[C@@H]1O[C@H](C)[C@H](NC(=O)/C=C/C(C)[C@@H]2CCCCN2C(=O)O)C[C@@H]1C. The third-order valence-electron chi connectivity index (χ3n) is 10.6. The Bertz CT molecular complexity index is 1370. The molecule has 0 aromatic rings. The predicted molar refractivity (Wildman–Crippen MR) is 178 cm³/mol. The number of aliphatic hydroxyl groups excluding tert-OH is 1. The molecule has 0 saturated carbocycles. The maximum atomic E-state index is 12.8. The molecular formula is C36H51N3O11. The van der Waals surface area contributed by atoms with E-state index in [1.165, 1.54) is 11.0 Å². The highest BCUT2D eigenvalue weighted by molar-refractivity contribution is 6.01. The van der Waals surface area contributed by atoms with Crippen LogP contribution in [0.2, 0.25) is 0 Å². The van der Waals surface area contributed by atoms with Crippen LogP contribution in [0.5, 0.6) is 0 Å². The van der Waals surface area contributed by atoms with Crippen molar-refractivity contribution in [1.29, 1.82) is 0 Å². The van der Waals surface area contributed by atoms with Gasteiger partial charge in [-0.15, -0.1) is 5.06 Å². The van der Waals surface area contributed by atoms with Gasteiger partial charge in [0.1, 0.15) is 17.8 Å². The number of carbonyl (C=O) groups excluding carboxylic acids is 4. The quantitative estimate of drug-likeness (QED) is 0.124. The summed E-state index contributed by atoms with van der Waals surface area (Å²) in [5, 5.41) is 24.1. The number of likely N-dealkylation sites (tertiary alicyclic amines) is 1. The van der Waals surface area contributed by atoms with Crippen molar-refractivity contribution in [3.63, 3.8) is 0 Å². The van der Waals surface area contributed by atoms with Crippen molar-refractivity contribution in [2.24, 2.45) is 11.8 Å². The standard InChI is InChI=1S/C36H51N3O11/c1-21(9-12-29-34(44)36(20-47-36)19-25(49-29)18-33(43)50-39-31(41)14-15-32(39)42)8-11-28-23(3)17-26(24(4)48-28)37-30(40)13-10-22(2)27-7-5-6-16-38(27)35(45)46/h8-10,12-13,22-29,34,44H,5-7,11,14-20H2,1-4H3,(H,37,40)(H,45,46)/b12-9+,13-10+,21-8+/t22?,23-,24+,25+,26+,27-,28-,29+,34+,36+/m0/s1. The highest BCUT2D eigenvalue weighted by Gasteiger charge is 2.58. The lowest BCUT2D eigenvalue weighted by atomic mass is 9.87. The number of hydrogen-bond donors (Lipinski definition) is 3. The van der Waals surface area contributed by atoms with Crippen molar-refractivity contribution in [1.82, 2.24) is 15.3 Å². The number of nitrogens with one attached hydrogen (secondary N) is 1. The first-order chi connectivity index (χ1) is 23.8. The third kappa shape index (κ3) is 9.19. The summed E-state index contributed by atoms with van der Waals surface area (Å²) in [6, 6.07) is -0.291. The number of hydrogen-bond acceptors (Lipinski definition) is 10. The number of amides is 4. The summed E-state index contributed by atoms with van der Waals surface area (Å²) < 4.78 is 18.0. The monoisotopic (exact) mass is 701 g/mol. The maximum absolute atomic E-state index is 12.8. The maximum Gasteiger partial charge on any atom is 0.407 e. The first-order valence-corrected chi connectivity index (χ1v) is 17.8. The van der Waals surface area contributed by atoms with Crippen LogP contribution in [0.25, 0.3) is 0 Å². The number of ether oxygens (including phenoxy) is 3. The van der Waals surface area contributed by atoms with Crippen molar-refractivity contribution in [2.45, 2.75) is 134 Å². The summed E-state index contributed by atoms with van der Waals surface area (Å²) in [6.07, 6.45) is 9.57. The Labute approximate surface area is 292 Å². The van der Waals surface area contributed by atoms with Crippen LogP contribution in [0.15, 0.2) is 36.0 Å². The van der Waals surface area contributed by atoms with Crippen LogP contribution < -0.4 is 5.32 Å². The van der Waals surface area contributed by atoms with E-state index >= 15 is 0 Å². The summed E-state index contributed by atoms with van der Waals surface area (Å²) in [5.74, 6) is -2.00. The van der Waals surface area contributed by atoms with E-state index in [0.29, 0.717) is 24.6 Å². The van der Waals surface area contributed by atoms with E-state index in [4.69, 9.17) is 19.0 Å². The van der Waals surface area contributed by atoms with E-state index in [-0.39, 0.29) is 67.7 Å². The summed E-state index contributed by atoms with van der Waals surface area (Å²) in [6.45, 7) is 8.79. The molecule has 5 saturated heterocycles. The number of rotatable bonds is 11. The number of carbonyl (C=O) groups is 5. The van der Waals surface area contributed by atoms with E-state index < -0.39 is 47.8 Å². The first-order valence-electron chi connectivity index (χ1n) is 17.8. The van der Waals surface area contributed by atoms with Crippen molar-refractivity contribution >= 4 is 29.8 Å². The molecular weight excluding hydrogens is 650 g/mol. The molecule has 1 unspecified atom stereocenters. The highest BCUT2D eigenvalue weighted by Crippen LogP contribution is 2.43. The minimum atomic E-state index is -0.931. The fourth-order valence-electron chi connectivity index (χ4n) is 7.45. The van der Waals surface area contributed by atoms with E-state index in [9.17, 15) is 34.2 Å². The lowest BCUT2D eigenvalue weighted by Crippen LogP contribution is -2.50. The number of imide groups is 1. The molecule has 276 valence electrons. The molecule has 5 heterocycles. The summed E-state index contributed by atoms with van der Waals surface area (Å²) in [4.78, 5) is 67.0. The van der Waals surface area contributed by atoms with Crippen LogP contribution in [0, 0.1) is 11.8 Å². The second kappa shape index (κ2) is 16.2. The van der Waals surface area contributed by atoms with Crippen LogP contribution in [-0.2, 0) is 38.2 Å². The van der Waals surface area contributed by atoms with Crippen LogP contribution in [0.4, 0.5) is 4.79 Å².